The first-order chi connectivity index (χ1) is 14.3. The first kappa shape index (κ1) is 20.5. The lowest BCUT2D eigenvalue weighted by Gasteiger charge is -2.32. The summed E-state index contributed by atoms with van der Waals surface area (Å²) in [5.74, 6) is 0.569. The highest BCUT2D eigenvalue weighted by Crippen LogP contribution is 2.40. The quantitative estimate of drug-likeness (QED) is 0.813. The summed E-state index contributed by atoms with van der Waals surface area (Å²) in [6, 6.07) is 3.03. The number of likely N-dealkylation sites (tertiary alicyclic amines) is 1. The highest BCUT2D eigenvalue weighted by Gasteiger charge is 2.46. The smallest absolute Gasteiger partial charge is 0.410 e. The van der Waals surface area contributed by atoms with E-state index in [-0.39, 0.29) is 36.0 Å². The van der Waals surface area contributed by atoms with Crippen LogP contribution in [0, 0.1) is 0 Å². The van der Waals surface area contributed by atoms with Crippen LogP contribution in [0.25, 0.3) is 0 Å². The number of hydrogen-bond acceptors (Lipinski definition) is 5. The number of nitrogens with zero attached hydrogens (tertiary/aromatic N) is 4. The third-order valence-corrected chi connectivity index (χ3v) is 5.65. The molecule has 2 aliphatic heterocycles. The van der Waals surface area contributed by atoms with Gasteiger partial charge >= 0.3 is 6.18 Å². The highest BCUT2D eigenvalue weighted by molar-refractivity contribution is 5.93. The van der Waals surface area contributed by atoms with Crippen LogP contribution in [0.5, 0.6) is 5.75 Å². The van der Waals surface area contributed by atoms with E-state index in [0.29, 0.717) is 38.1 Å². The van der Waals surface area contributed by atoms with Crippen molar-refractivity contribution in [3.8, 4) is 5.75 Å². The Kier molecular flexibility index (Phi) is 5.57. The molecule has 4 heterocycles. The number of anilines is 1. The largest absolute Gasteiger partial charge is 0.489 e. The predicted molar refractivity (Wildman–Crippen MR) is 103 cm³/mol. The van der Waals surface area contributed by atoms with Gasteiger partial charge in [-0.05, 0) is 25.0 Å². The van der Waals surface area contributed by atoms with Crippen molar-refractivity contribution in [1.29, 1.82) is 0 Å². The van der Waals surface area contributed by atoms with E-state index >= 15 is 0 Å². The SMILES string of the molecule is CC[C@@H]1C[C@H](C(F)(F)F)n2nc(C(=O)N3CCC(Oc4cccnc4)CC3)cc2N1. The van der Waals surface area contributed by atoms with Gasteiger partial charge in [0.15, 0.2) is 11.7 Å². The molecule has 1 saturated heterocycles. The summed E-state index contributed by atoms with van der Waals surface area (Å²) in [5, 5.41) is 7.10. The van der Waals surface area contributed by atoms with Gasteiger partial charge in [0, 0.05) is 44.2 Å². The molecule has 162 valence electrons. The Morgan fingerprint density at radius 2 is 2.10 bits per heavy atom. The minimum absolute atomic E-state index is 0.0324. The van der Waals surface area contributed by atoms with Crippen LogP contribution in [0.15, 0.2) is 30.6 Å². The maximum absolute atomic E-state index is 13.5. The highest BCUT2D eigenvalue weighted by atomic mass is 19.4. The molecule has 0 spiro atoms. The Morgan fingerprint density at radius 3 is 2.73 bits per heavy atom. The molecule has 0 saturated carbocycles. The van der Waals surface area contributed by atoms with Crippen molar-refractivity contribution in [2.45, 2.75) is 57.0 Å². The van der Waals surface area contributed by atoms with Crippen LogP contribution < -0.4 is 10.1 Å². The Hall–Kier alpha value is -2.78. The van der Waals surface area contributed by atoms with Crippen molar-refractivity contribution in [2.75, 3.05) is 18.4 Å². The first-order valence-electron chi connectivity index (χ1n) is 10.1. The lowest BCUT2D eigenvalue weighted by atomic mass is 10.0. The standard InChI is InChI=1S/C20H24F3N5O2/c1-2-13-10-17(20(21,22)23)28-18(25-13)11-16(26-28)19(29)27-8-5-14(6-9-27)30-15-4-3-7-24-12-15/h3-4,7,11-14,17,25H,2,5-6,8-10H2,1H3/t13-,17-/m1/s1. The Labute approximate surface area is 172 Å². The van der Waals surface area contributed by atoms with Gasteiger partial charge in [0.25, 0.3) is 5.91 Å². The van der Waals surface area contributed by atoms with Gasteiger partial charge in [-0.3, -0.25) is 9.78 Å². The molecule has 2 aromatic heterocycles. The fourth-order valence-corrected chi connectivity index (χ4v) is 3.97. The maximum atomic E-state index is 13.5. The molecule has 10 heteroatoms. The molecule has 2 aromatic rings. The van der Waals surface area contributed by atoms with Crippen LogP contribution in [0.2, 0.25) is 0 Å². The van der Waals surface area contributed by atoms with Gasteiger partial charge in [0.05, 0.1) is 6.20 Å². The van der Waals surface area contributed by atoms with Crippen molar-refractivity contribution in [1.82, 2.24) is 19.7 Å². The molecule has 0 aromatic carbocycles. The molecule has 0 aliphatic carbocycles. The van der Waals surface area contributed by atoms with Crippen LogP contribution in [-0.2, 0) is 0 Å². The fraction of sp³-hybridized carbons (Fsp3) is 0.550. The summed E-state index contributed by atoms with van der Waals surface area (Å²) < 4.78 is 47.3. The van der Waals surface area contributed by atoms with Crippen molar-refractivity contribution >= 4 is 11.7 Å². The van der Waals surface area contributed by atoms with Crippen molar-refractivity contribution < 1.29 is 22.7 Å². The summed E-state index contributed by atoms with van der Waals surface area (Å²) in [6.45, 7) is 2.75. The summed E-state index contributed by atoms with van der Waals surface area (Å²) in [7, 11) is 0. The van der Waals surface area contributed by atoms with E-state index in [1.807, 2.05) is 13.0 Å². The lowest BCUT2D eigenvalue weighted by molar-refractivity contribution is -0.173. The average Bonchev–Trinajstić information content (AvgIpc) is 3.17. The van der Waals surface area contributed by atoms with Gasteiger partial charge in [-0.15, -0.1) is 0 Å². The van der Waals surface area contributed by atoms with Gasteiger partial charge in [0.1, 0.15) is 17.7 Å². The summed E-state index contributed by atoms with van der Waals surface area (Å²) in [6.07, 6.45) is 0.588. The van der Waals surface area contributed by atoms with E-state index in [2.05, 4.69) is 15.4 Å². The van der Waals surface area contributed by atoms with Crippen LogP contribution in [0.1, 0.15) is 49.1 Å². The topological polar surface area (TPSA) is 72.3 Å². The number of pyridine rings is 1. The van der Waals surface area contributed by atoms with Crippen molar-refractivity contribution in [2.24, 2.45) is 0 Å². The molecule has 0 bridgehead atoms. The summed E-state index contributed by atoms with van der Waals surface area (Å²) in [5.41, 5.74) is 0.0372. The zero-order valence-corrected chi connectivity index (χ0v) is 16.6. The van der Waals surface area contributed by atoms with Gasteiger partial charge in [0.2, 0.25) is 0 Å². The number of ether oxygens (including phenoxy) is 1. The lowest BCUT2D eigenvalue weighted by Crippen LogP contribution is -2.42. The second kappa shape index (κ2) is 8.16. The molecule has 30 heavy (non-hydrogen) atoms. The minimum Gasteiger partial charge on any atom is -0.489 e. The molecule has 4 rings (SSSR count). The van der Waals surface area contributed by atoms with E-state index in [1.165, 1.54) is 6.07 Å². The third-order valence-electron chi connectivity index (χ3n) is 5.65. The molecule has 0 unspecified atom stereocenters. The van der Waals surface area contributed by atoms with E-state index in [1.54, 1.807) is 23.4 Å². The van der Waals surface area contributed by atoms with E-state index < -0.39 is 12.2 Å². The average molecular weight is 423 g/mol. The van der Waals surface area contributed by atoms with Gasteiger partial charge in [-0.2, -0.15) is 18.3 Å². The summed E-state index contributed by atoms with van der Waals surface area (Å²) in [4.78, 5) is 18.5. The zero-order chi connectivity index (χ0) is 21.3. The second-order valence-electron chi connectivity index (χ2n) is 7.70. The summed E-state index contributed by atoms with van der Waals surface area (Å²) >= 11 is 0. The van der Waals surface area contributed by atoms with E-state index in [9.17, 15) is 18.0 Å². The molecule has 1 amide bonds. The molecule has 0 radical (unpaired) electrons. The number of aromatic nitrogens is 3. The monoisotopic (exact) mass is 423 g/mol. The van der Waals surface area contributed by atoms with Crippen LogP contribution in [0.4, 0.5) is 19.0 Å². The molecule has 2 aliphatic rings. The number of carbonyl (C=O) groups is 1. The molecular formula is C20H24F3N5O2. The van der Waals surface area contributed by atoms with E-state index in [4.69, 9.17) is 4.74 Å². The number of halogens is 3. The van der Waals surface area contributed by atoms with Crippen molar-refractivity contribution in [3.05, 3.63) is 36.3 Å². The molecule has 7 nitrogen and oxygen atoms in total. The number of rotatable bonds is 4. The normalized spacial score (nSPS) is 22.3. The van der Waals surface area contributed by atoms with Gasteiger partial charge < -0.3 is 15.0 Å². The minimum atomic E-state index is -4.42. The predicted octanol–water partition coefficient (Wildman–Crippen LogP) is 3.66. The first-order valence-corrected chi connectivity index (χ1v) is 10.1. The Morgan fingerprint density at radius 1 is 1.33 bits per heavy atom. The Balaban J connectivity index is 1.43. The number of hydrogen-bond donors (Lipinski definition) is 1. The molecule has 1 fully saturated rings. The fourth-order valence-electron chi connectivity index (χ4n) is 3.97. The molecule has 1 N–H and O–H groups in total. The second-order valence-corrected chi connectivity index (χ2v) is 7.70. The Bertz CT molecular complexity index is 878. The maximum Gasteiger partial charge on any atom is 0.410 e. The third kappa shape index (κ3) is 4.22. The molecule has 2 atom stereocenters. The van der Waals surface area contributed by atoms with Gasteiger partial charge in [-0.1, -0.05) is 6.92 Å². The number of alkyl halides is 3. The van der Waals surface area contributed by atoms with Crippen LogP contribution in [0.3, 0.4) is 0 Å². The zero-order valence-electron chi connectivity index (χ0n) is 16.6. The number of fused-ring (bicyclic) bond motifs is 1. The van der Waals surface area contributed by atoms with Gasteiger partial charge in [-0.25, -0.2) is 4.68 Å². The number of nitrogens with one attached hydrogen (secondary N) is 1. The number of carbonyl (C=O) groups excluding carboxylic acids is 1. The van der Waals surface area contributed by atoms with Crippen LogP contribution >= 0.6 is 0 Å². The van der Waals surface area contributed by atoms with Crippen LogP contribution in [-0.4, -0.2) is 57.0 Å². The van der Waals surface area contributed by atoms with E-state index in [0.717, 1.165) is 4.68 Å². The number of amides is 1. The number of piperidine rings is 1. The van der Waals surface area contributed by atoms with Crippen molar-refractivity contribution in [3.63, 3.8) is 0 Å². The molecular weight excluding hydrogens is 399 g/mol.